The van der Waals surface area contributed by atoms with Crippen LogP contribution in [0.15, 0.2) is 55.1 Å². The van der Waals surface area contributed by atoms with Crippen LogP contribution in [0.2, 0.25) is 0 Å². The summed E-state index contributed by atoms with van der Waals surface area (Å²) in [4.78, 5) is 21.9. The molecule has 1 fully saturated rings. The number of nitrogens with zero attached hydrogens (tertiary/aromatic N) is 6. The minimum Gasteiger partial charge on any atom is -0.424 e. The molecule has 1 atom stereocenters. The van der Waals surface area contributed by atoms with Crippen LogP contribution in [-0.2, 0) is 6.54 Å². The third kappa shape index (κ3) is 4.26. The van der Waals surface area contributed by atoms with E-state index in [9.17, 15) is 0 Å². The van der Waals surface area contributed by atoms with Crippen LogP contribution in [0, 0.1) is 0 Å². The summed E-state index contributed by atoms with van der Waals surface area (Å²) >= 11 is 0. The van der Waals surface area contributed by atoms with Crippen molar-refractivity contribution in [2.24, 2.45) is 0 Å². The predicted octanol–water partition coefficient (Wildman–Crippen LogP) is 3.46. The summed E-state index contributed by atoms with van der Waals surface area (Å²) in [5, 5.41) is 0. The van der Waals surface area contributed by atoms with Crippen LogP contribution in [0.4, 0.5) is 5.82 Å². The Morgan fingerprint density at radius 1 is 1.14 bits per heavy atom. The van der Waals surface area contributed by atoms with Crippen molar-refractivity contribution in [2.45, 2.75) is 25.4 Å². The van der Waals surface area contributed by atoms with E-state index in [1.54, 1.807) is 24.7 Å². The van der Waals surface area contributed by atoms with Gasteiger partial charge in [0.05, 0.1) is 24.1 Å². The molecule has 1 aliphatic rings. The molecule has 0 bridgehead atoms. The standard InChI is InChI=1S/C21H24N6O/c1-26(2)20-14-22-13-18(25-20)19-8-4-11-27(19)15-16-6-3-7-17(12-16)28-21-23-9-5-10-24-21/h3,5-7,9-10,12-14,19H,4,8,11,15H2,1-2H3/t19-/m1/s1. The smallest absolute Gasteiger partial charge is 0.321 e. The number of rotatable bonds is 6. The lowest BCUT2D eigenvalue weighted by atomic mass is 10.1. The second-order valence-electron chi connectivity index (χ2n) is 7.11. The molecule has 0 N–H and O–H groups in total. The first-order valence-electron chi connectivity index (χ1n) is 9.46. The van der Waals surface area contributed by atoms with Gasteiger partial charge < -0.3 is 9.64 Å². The maximum Gasteiger partial charge on any atom is 0.321 e. The van der Waals surface area contributed by atoms with Gasteiger partial charge >= 0.3 is 6.01 Å². The van der Waals surface area contributed by atoms with Gasteiger partial charge in [0.1, 0.15) is 11.6 Å². The third-order valence-corrected chi connectivity index (χ3v) is 4.84. The molecule has 2 aromatic heterocycles. The fourth-order valence-corrected chi connectivity index (χ4v) is 3.48. The second-order valence-corrected chi connectivity index (χ2v) is 7.11. The van der Waals surface area contributed by atoms with Gasteiger partial charge in [-0.1, -0.05) is 12.1 Å². The van der Waals surface area contributed by atoms with E-state index < -0.39 is 0 Å². The van der Waals surface area contributed by atoms with Crippen molar-refractivity contribution < 1.29 is 4.74 Å². The van der Waals surface area contributed by atoms with Crippen molar-refractivity contribution in [3.05, 3.63) is 66.4 Å². The lowest BCUT2D eigenvalue weighted by Crippen LogP contribution is -2.24. The SMILES string of the molecule is CN(C)c1cncc([C@H]2CCCN2Cc2cccc(Oc3ncccn3)c2)n1. The van der Waals surface area contributed by atoms with E-state index in [0.717, 1.165) is 43.2 Å². The monoisotopic (exact) mass is 376 g/mol. The molecule has 0 aliphatic carbocycles. The Kier molecular flexibility index (Phi) is 5.43. The molecule has 4 rings (SSSR count). The van der Waals surface area contributed by atoms with E-state index in [4.69, 9.17) is 9.72 Å². The molecule has 0 radical (unpaired) electrons. The number of ether oxygens (including phenoxy) is 1. The summed E-state index contributed by atoms with van der Waals surface area (Å²) < 4.78 is 5.77. The summed E-state index contributed by atoms with van der Waals surface area (Å²) in [5.41, 5.74) is 2.23. The summed E-state index contributed by atoms with van der Waals surface area (Å²) in [5.74, 6) is 1.64. The zero-order valence-electron chi connectivity index (χ0n) is 16.2. The van der Waals surface area contributed by atoms with Crippen molar-refractivity contribution in [1.29, 1.82) is 0 Å². The van der Waals surface area contributed by atoms with Crippen molar-refractivity contribution >= 4 is 5.82 Å². The largest absolute Gasteiger partial charge is 0.424 e. The molecule has 1 saturated heterocycles. The van der Waals surface area contributed by atoms with Gasteiger partial charge in [0.25, 0.3) is 0 Å². The summed E-state index contributed by atoms with van der Waals surface area (Å²) in [7, 11) is 3.98. The quantitative estimate of drug-likeness (QED) is 0.652. The maximum absolute atomic E-state index is 5.77. The van der Waals surface area contributed by atoms with Crippen molar-refractivity contribution in [1.82, 2.24) is 24.8 Å². The van der Waals surface area contributed by atoms with Crippen molar-refractivity contribution in [3.8, 4) is 11.8 Å². The van der Waals surface area contributed by atoms with Crippen LogP contribution in [-0.4, -0.2) is 45.5 Å². The van der Waals surface area contributed by atoms with Gasteiger partial charge in [-0.2, -0.15) is 0 Å². The van der Waals surface area contributed by atoms with E-state index in [2.05, 4.69) is 25.9 Å². The van der Waals surface area contributed by atoms with E-state index in [0.29, 0.717) is 6.01 Å². The first kappa shape index (κ1) is 18.3. The Labute approximate surface area is 165 Å². The highest BCUT2D eigenvalue weighted by Gasteiger charge is 2.27. The summed E-state index contributed by atoms with van der Waals surface area (Å²) in [6.45, 7) is 1.89. The minimum atomic E-state index is 0.287. The maximum atomic E-state index is 5.77. The first-order valence-corrected chi connectivity index (χ1v) is 9.46. The fourth-order valence-electron chi connectivity index (χ4n) is 3.48. The van der Waals surface area contributed by atoms with Crippen LogP contribution >= 0.6 is 0 Å². The number of anilines is 1. The second kappa shape index (κ2) is 8.31. The number of likely N-dealkylation sites (tertiary alicyclic amines) is 1. The zero-order chi connectivity index (χ0) is 19.3. The van der Waals surface area contributed by atoms with Crippen LogP contribution < -0.4 is 9.64 Å². The molecule has 0 saturated carbocycles. The van der Waals surface area contributed by atoms with Crippen molar-refractivity contribution in [2.75, 3.05) is 25.5 Å². The molecule has 28 heavy (non-hydrogen) atoms. The third-order valence-electron chi connectivity index (χ3n) is 4.84. The lowest BCUT2D eigenvalue weighted by molar-refractivity contribution is 0.244. The highest BCUT2D eigenvalue weighted by atomic mass is 16.5. The van der Waals surface area contributed by atoms with Gasteiger partial charge in [0.15, 0.2) is 0 Å². The predicted molar refractivity (Wildman–Crippen MR) is 107 cm³/mol. The number of aromatic nitrogens is 4. The highest BCUT2D eigenvalue weighted by Crippen LogP contribution is 2.33. The Bertz CT molecular complexity index is 918. The topological polar surface area (TPSA) is 67.3 Å². The van der Waals surface area contributed by atoms with Gasteiger partial charge in [0, 0.05) is 33.0 Å². The van der Waals surface area contributed by atoms with Crippen LogP contribution in [0.25, 0.3) is 0 Å². The van der Waals surface area contributed by atoms with Gasteiger partial charge in [0.2, 0.25) is 0 Å². The Morgan fingerprint density at radius 3 is 2.82 bits per heavy atom. The molecule has 7 nitrogen and oxygen atoms in total. The van der Waals surface area contributed by atoms with E-state index in [1.807, 2.05) is 43.4 Å². The molecule has 0 spiro atoms. The molecule has 3 heterocycles. The van der Waals surface area contributed by atoms with Gasteiger partial charge in [-0.25, -0.2) is 15.0 Å². The average molecular weight is 376 g/mol. The fraction of sp³-hybridized carbons (Fsp3) is 0.333. The molecule has 1 aliphatic heterocycles. The van der Waals surface area contributed by atoms with Crippen LogP contribution in [0.3, 0.4) is 0 Å². The lowest BCUT2D eigenvalue weighted by Gasteiger charge is -2.25. The normalized spacial score (nSPS) is 16.9. The zero-order valence-corrected chi connectivity index (χ0v) is 16.2. The van der Waals surface area contributed by atoms with E-state index in [-0.39, 0.29) is 6.04 Å². The molecule has 0 amide bonds. The number of hydrogen-bond acceptors (Lipinski definition) is 7. The Balaban J connectivity index is 1.49. The molecule has 0 unspecified atom stereocenters. The molecule has 7 heteroatoms. The Morgan fingerprint density at radius 2 is 2.00 bits per heavy atom. The molecule has 3 aromatic rings. The van der Waals surface area contributed by atoms with Crippen LogP contribution in [0.1, 0.15) is 30.1 Å². The number of benzene rings is 1. The average Bonchev–Trinajstić information content (AvgIpc) is 3.17. The van der Waals surface area contributed by atoms with E-state index in [1.165, 1.54) is 5.56 Å². The van der Waals surface area contributed by atoms with Gasteiger partial charge in [-0.05, 0) is 43.1 Å². The van der Waals surface area contributed by atoms with Crippen LogP contribution in [0.5, 0.6) is 11.8 Å². The molecular weight excluding hydrogens is 352 g/mol. The summed E-state index contributed by atoms with van der Waals surface area (Å²) in [6, 6.07) is 10.5. The number of hydrogen-bond donors (Lipinski definition) is 0. The summed E-state index contributed by atoms with van der Waals surface area (Å²) in [6.07, 6.45) is 9.29. The minimum absolute atomic E-state index is 0.287. The molecular formula is C21H24N6O. The Hall–Kier alpha value is -3.06. The molecule has 144 valence electrons. The first-order chi connectivity index (χ1) is 13.7. The van der Waals surface area contributed by atoms with Gasteiger partial charge in [-0.3, -0.25) is 9.88 Å². The van der Waals surface area contributed by atoms with Crippen molar-refractivity contribution in [3.63, 3.8) is 0 Å². The van der Waals surface area contributed by atoms with E-state index >= 15 is 0 Å². The van der Waals surface area contributed by atoms with Gasteiger partial charge in [-0.15, -0.1) is 0 Å². The highest BCUT2D eigenvalue weighted by molar-refractivity contribution is 5.34. The molecule has 1 aromatic carbocycles.